The van der Waals surface area contributed by atoms with Crippen molar-refractivity contribution in [2.24, 2.45) is 0 Å². The molecule has 1 aliphatic heterocycles. The number of carbonyl (C=O) groups is 1. The number of nitrogens with zero attached hydrogens (tertiary/aromatic N) is 3. The third-order valence-corrected chi connectivity index (χ3v) is 6.00. The molecule has 1 aliphatic rings. The number of urea groups is 1. The quantitative estimate of drug-likeness (QED) is 0.411. The van der Waals surface area contributed by atoms with E-state index in [-0.39, 0.29) is 11.1 Å². The summed E-state index contributed by atoms with van der Waals surface area (Å²) < 4.78 is 23.0. The first-order chi connectivity index (χ1) is 17.6. The summed E-state index contributed by atoms with van der Waals surface area (Å²) in [5.41, 5.74) is 1.06. The number of hydrogen-bond donors (Lipinski definition) is 2. The van der Waals surface area contributed by atoms with Crippen LogP contribution in [0.15, 0.2) is 36.7 Å². The average molecular weight is 516 g/mol. The predicted molar refractivity (Wildman–Crippen MR) is 138 cm³/mol. The van der Waals surface area contributed by atoms with Gasteiger partial charge in [0.15, 0.2) is 11.5 Å². The van der Waals surface area contributed by atoms with Crippen LogP contribution in [0.25, 0.3) is 10.9 Å². The Morgan fingerprint density at radius 2 is 2.00 bits per heavy atom. The predicted octanol–water partition coefficient (Wildman–Crippen LogP) is 4.33. The number of nitrogens with one attached hydrogen (secondary N) is 2. The summed E-state index contributed by atoms with van der Waals surface area (Å²) in [5, 5.41) is 6.37. The van der Waals surface area contributed by atoms with Crippen LogP contribution in [0.5, 0.6) is 23.1 Å². The highest BCUT2D eigenvalue weighted by Crippen LogP contribution is 2.39. The van der Waals surface area contributed by atoms with Gasteiger partial charge in [0.05, 0.1) is 36.9 Å². The minimum Gasteiger partial charge on any atom is -0.493 e. The van der Waals surface area contributed by atoms with Crippen LogP contribution in [-0.4, -0.2) is 74.0 Å². The standard InChI is InChI=1S/C25H30ClN5O5/c1-3-7-27-25(32)30-18-5-4-6-20(23(18)26)36-24-17-14-21(33-2)22(15-19(17)28-16-29-24)35-13-10-31-8-11-34-12-9-31/h4-6,14-16H,3,7-13H2,1-2H3,(H2,27,30,32). The molecule has 0 bridgehead atoms. The van der Waals surface area contributed by atoms with Crippen molar-refractivity contribution in [1.82, 2.24) is 20.2 Å². The van der Waals surface area contributed by atoms with Crippen LogP contribution >= 0.6 is 11.6 Å². The first-order valence-corrected chi connectivity index (χ1v) is 12.2. The Balaban J connectivity index is 1.52. The zero-order valence-corrected chi connectivity index (χ0v) is 21.1. The number of carbonyl (C=O) groups excluding carboxylic acids is 1. The normalized spacial score (nSPS) is 13.9. The maximum atomic E-state index is 12.1. The topological polar surface area (TPSA) is 107 Å². The fraction of sp³-hybridized carbons (Fsp3) is 0.400. The summed E-state index contributed by atoms with van der Waals surface area (Å²) in [6, 6.07) is 8.38. The van der Waals surface area contributed by atoms with Gasteiger partial charge < -0.3 is 29.6 Å². The minimum absolute atomic E-state index is 0.256. The monoisotopic (exact) mass is 515 g/mol. The highest BCUT2D eigenvalue weighted by Gasteiger charge is 2.17. The largest absolute Gasteiger partial charge is 0.493 e. The van der Waals surface area contributed by atoms with E-state index < -0.39 is 0 Å². The molecular weight excluding hydrogens is 486 g/mol. The zero-order chi connectivity index (χ0) is 25.3. The second kappa shape index (κ2) is 12.6. The average Bonchev–Trinajstić information content (AvgIpc) is 2.90. The summed E-state index contributed by atoms with van der Waals surface area (Å²) in [6.45, 7) is 7.13. The van der Waals surface area contributed by atoms with Crippen molar-refractivity contribution in [2.75, 3.05) is 58.4 Å². The Kier molecular flexibility index (Phi) is 8.99. The van der Waals surface area contributed by atoms with Crippen LogP contribution in [-0.2, 0) is 4.74 Å². The maximum absolute atomic E-state index is 12.1. The Morgan fingerprint density at radius 1 is 1.17 bits per heavy atom. The minimum atomic E-state index is -0.339. The lowest BCUT2D eigenvalue weighted by atomic mass is 10.2. The third kappa shape index (κ3) is 6.45. The number of benzene rings is 2. The van der Waals surface area contributed by atoms with Crippen molar-refractivity contribution in [3.8, 4) is 23.1 Å². The van der Waals surface area contributed by atoms with Crippen molar-refractivity contribution in [1.29, 1.82) is 0 Å². The molecule has 2 aromatic carbocycles. The van der Waals surface area contributed by atoms with Gasteiger partial charge in [0.1, 0.15) is 23.7 Å². The van der Waals surface area contributed by atoms with Gasteiger partial charge in [-0.15, -0.1) is 0 Å². The van der Waals surface area contributed by atoms with Gasteiger partial charge in [-0.05, 0) is 24.6 Å². The van der Waals surface area contributed by atoms with E-state index in [1.54, 1.807) is 37.4 Å². The molecule has 2 amide bonds. The van der Waals surface area contributed by atoms with Crippen molar-refractivity contribution < 1.29 is 23.7 Å². The molecule has 1 fully saturated rings. The second-order valence-electron chi connectivity index (χ2n) is 8.10. The fourth-order valence-corrected chi connectivity index (χ4v) is 3.91. The Morgan fingerprint density at radius 3 is 2.78 bits per heavy atom. The van der Waals surface area contributed by atoms with E-state index in [4.69, 9.17) is 30.5 Å². The molecule has 36 heavy (non-hydrogen) atoms. The molecule has 0 radical (unpaired) electrons. The van der Waals surface area contributed by atoms with Crippen molar-refractivity contribution in [3.63, 3.8) is 0 Å². The summed E-state index contributed by atoms with van der Waals surface area (Å²) in [5.74, 6) is 1.77. The summed E-state index contributed by atoms with van der Waals surface area (Å²) >= 11 is 6.53. The molecule has 1 aromatic heterocycles. The van der Waals surface area contributed by atoms with Gasteiger partial charge in [-0.2, -0.15) is 0 Å². The van der Waals surface area contributed by atoms with Crippen LogP contribution in [0.3, 0.4) is 0 Å². The van der Waals surface area contributed by atoms with Gasteiger partial charge in [-0.25, -0.2) is 14.8 Å². The van der Waals surface area contributed by atoms with E-state index in [9.17, 15) is 4.79 Å². The molecule has 2 N–H and O–H groups in total. The van der Waals surface area contributed by atoms with Crippen LogP contribution in [0.4, 0.5) is 10.5 Å². The lowest BCUT2D eigenvalue weighted by Crippen LogP contribution is -2.38. The first-order valence-electron chi connectivity index (χ1n) is 11.9. The lowest BCUT2D eigenvalue weighted by molar-refractivity contribution is 0.0321. The number of anilines is 1. The van der Waals surface area contributed by atoms with E-state index in [2.05, 4.69) is 25.5 Å². The summed E-state index contributed by atoms with van der Waals surface area (Å²) in [4.78, 5) is 23.0. The van der Waals surface area contributed by atoms with Gasteiger partial charge in [0.25, 0.3) is 0 Å². The molecule has 0 aliphatic carbocycles. The number of amides is 2. The summed E-state index contributed by atoms with van der Waals surface area (Å²) in [7, 11) is 1.58. The molecule has 11 heteroatoms. The maximum Gasteiger partial charge on any atom is 0.319 e. The molecule has 0 spiro atoms. The number of fused-ring (bicyclic) bond motifs is 1. The summed E-state index contributed by atoms with van der Waals surface area (Å²) in [6.07, 6.45) is 2.24. The first kappa shape index (κ1) is 25.7. The molecule has 0 unspecified atom stereocenters. The SMILES string of the molecule is CCCNC(=O)Nc1cccc(Oc2ncnc3cc(OCCN4CCOCC4)c(OC)cc23)c1Cl. The number of hydrogen-bond acceptors (Lipinski definition) is 8. The highest BCUT2D eigenvalue weighted by atomic mass is 35.5. The van der Waals surface area contributed by atoms with Gasteiger partial charge in [-0.3, -0.25) is 4.90 Å². The van der Waals surface area contributed by atoms with Gasteiger partial charge in [0, 0.05) is 32.2 Å². The van der Waals surface area contributed by atoms with Crippen LogP contribution in [0.1, 0.15) is 13.3 Å². The van der Waals surface area contributed by atoms with Crippen LogP contribution in [0.2, 0.25) is 5.02 Å². The molecule has 1 saturated heterocycles. The smallest absolute Gasteiger partial charge is 0.319 e. The van der Waals surface area contributed by atoms with E-state index >= 15 is 0 Å². The van der Waals surface area contributed by atoms with E-state index in [1.165, 1.54) is 6.33 Å². The molecule has 10 nitrogen and oxygen atoms in total. The van der Waals surface area contributed by atoms with Gasteiger partial charge in [-0.1, -0.05) is 24.6 Å². The zero-order valence-electron chi connectivity index (χ0n) is 20.4. The van der Waals surface area contributed by atoms with E-state index in [1.807, 2.05) is 6.92 Å². The highest BCUT2D eigenvalue weighted by molar-refractivity contribution is 6.35. The van der Waals surface area contributed by atoms with Gasteiger partial charge in [0.2, 0.25) is 5.88 Å². The van der Waals surface area contributed by atoms with Crippen molar-refractivity contribution in [3.05, 3.63) is 41.7 Å². The Bertz CT molecular complexity index is 1190. The molecule has 3 aromatic rings. The number of ether oxygens (including phenoxy) is 4. The molecule has 192 valence electrons. The van der Waals surface area contributed by atoms with Crippen LogP contribution in [0, 0.1) is 0 Å². The number of rotatable bonds is 10. The number of methoxy groups -OCH3 is 1. The fourth-order valence-electron chi connectivity index (χ4n) is 3.70. The van der Waals surface area contributed by atoms with Gasteiger partial charge >= 0.3 is 6.03 Å². The third-order valence-electron chi connectivity index (χ3n) is 5.61. The molecule has 0 atom stereocenters. The van der Waals surface area contributed by atoms with E-state index in [0.29, 0.717) is 52.9 Å². The molecule has 0 saturated carbocycles. The molecule has 2 heterocycles. The Hall–Kier alpha value is -3.34. The number of morpholine rings is 1. The Labute approximate surface area is 214 Å². The molecular formula is C25H30ClN5O5. The lowest BCUT2D eigenvalue weighted by Gasteiger charge is -2.26. The van der Waals surface area contributed by atoms with E-state index in [0.717, 1.165) is 39.3 Å². The molecule has 4 rings (SSSR count). The second-order valence-corrected chi connectivity index (χ2v) is 8.48. The van der Waals surface area contributed by atoms with Crippen LogP contribution < -0.4 is 24.8 Å². The van der Waals surface area contributed by atoms with Crippen molar-refractivity contribution >= 4 is 34.2 Å². The number of halogens is 1. The number of aromatic nitrogens is 2. The van der Waals surface area contributed by atoms with Crippen molar-refractivity contribution in [2.45, 2.75) is 13.3 Å².